The quantitative estimate of drug-likeness (QED) is 0.684. The van der Waals surface area contributed by atoms with Gasteiger partial charge >= 0.3 is 5.97 Å². The van der Waals surface area contributed by atoms with Gasteiger partial charge in [0.15, 0.2) is 0 Å². The van der Waals surface area contributed by atoms with Crippen molar-refractivity contribution in [2.45, 2.75) is 38.3 Å². The predicted molar refractivity (Wildman–Crippen MR) is 111 cm³/mol. The fraction of sp³-hybridized carbons (Fsp3) is 0.391. The highest BCUT2D eigenvalue weighted by atomic mass is 19.1. The molecule has 2 N–H and O–H groups in total. The summed E-state index contributed by atoms with van der Waals surface area (Å²) >= 11 is 0. The lowest BCUT2D eigenvalue weighted by Gasteiger charge is -2.36. The summed E-state index contributed by atoms with van der Waals surface area (Å²) in [5.74, 6) is -0.842. The first-order chi connectivity index (χ1) is 15.4. The largest absolute Gasteiger partial charge is 0.457 e. The number of carbonyl (C=O) groups is 2. The van der Waals surface area contributed by atoms with E-state index in [4.69, 9.17) is 10.00 Å². The lowest BCUT2D eigenvalue weighted by molar-refractivity contribution is 0.0526. The molecule has 0 bridgehead atoms. The van der Waals surface area contributed by atoms with E-state index in [2.05, 4.69) is 10.3 Å². The molecule has 3 heterocycles. The molecular weight excluding hydrogens is 415 g/mol. The number of amides is 1. The molecule has 1 unspecified atom stereocenters. The van der Waals surface area contributed by atoms with Crippen molar-refractivity contribution < 1.29 is 23.8 Å². The van der Waals surface area contributed by atoms with E-state index in [-0.39, 0.29) is 31.4 Å². The number of esters is 1. The molecule has 1 saturated heterocycles. The number of aliphatic hydroxyl groups excluding tert-OH is 1. The summed E-state index contributed by atoms with van der Waals surface area (Å²) in [4.78, 5) is 29.8. The highest BCUT2D eigenvalue weighted by Gasteiger charge is 2.32. The van der Waals surface area contributed by atoms with E-state index < -0.39 is 24.2 Å². The summed E-state index contributed by atoms with van der Waals surface area (Å²) in [5, 5.41) is 22.2. The zero-order valence-corrected chi connectivity index (χ0v) is 17.5. The van der Waals surface area contributed by atoms with Gasteiger partial charge in [0.1, 0.15) is 24.5 Å². The molecule has 9 heteroatoms. The monoisotopic (exact) mass is 438 g/mol. The van der Waals surface area contributed by atoms with E-state index in [0.717, 1.165) is 11.1 Å². The number of hydrogen-bond acceptors (Lipinski definition) is 7. The molecule has 2 aromatic rings. The van der Waals surface area contributed by atoms with E-state index in [1.54, 1.807) is 12.1 Å². The van der Waals surface area contributed by atoms with Crippen LogP contribution in [0.15, 0.2) is 30.5 Å². The van der Waals surface area contributed by atoms with Crippen LogP contribution in [0.1, 0.15) is 55.6 Å². The molecule has 2 aliphatic heterocycles. The standard InChI is InChI=1S/C23H23FN4O4/c1-13-15(3-4-16-17(13)12-32-23(16)31)21(29)11-28-7-6-19(18(24)10-28)27-22(30)20-5-2-14(8-25)9-26-20/h2-5,9,18-19,21,29H,6-7,10-12H2,1H3,(H,27,30)/t18-,19-,21?/m1/s1. The third kappa shape index (κ3) is 4.33. The van der Waals surface area contributed by atoms with Crippen molar-refractivity contribution in [3.63, 3.8) is 0 Å². The maximum absolute atomic E-state index is 14.8. The molecule has 0 saturated carbocycles. The third-order valence-electron chi connectivity index (χ3n) is 6.07. The number of aromatic nitrogens is 1. The third-order valence-corrected chi connectivity index (χ3v) is 6.07. The first-order valence-corrected chi connectivity index (χ1v) is 10.4. The second kappa shape index (κ2) is 9.02. The number of pyridine rings is 1. The van der Waals surface area contributed by atoms with Gasteiger partial charge < -0.3 is 15.2 Å². The number of β-amino-alcohol motifs (C(OH)–C–C–N with tert-alkyl or cyclic N) is 1. The van der Waals surface area contributed by atoms with Gasteiger partial charge in [-0.3, -0.25) is 9.69 Å². The van der Waals surface area contributed by atoms with Crippen LogP contribution in [0.25, 0.3) is 0 Å². The number of benzene rings is 1. The number of piperidine rings is 1. The summed E-state index contributed by atoms with van der Waals surface area (Å²) < 4.78 is 19.8. The van der Waals surface area contributed by atoms with Gasteiger partial charge in [-0.2, -0.15) is 5.26 Å². The molecule has 8 nitrogen and oxygen atoms in total. The number of hydrogen-bond donors (Lipinski definition) is 2. The first-order valence-electron chi connectivity index (χ1n) is 10.4. The van der Waals surface area contributed by atoms with Crippen LogP contribution < -0.4 is 5.32 Å². The van der Waals surface area contributed by atoms with Crippen LogP contribution in [-0.2, 0) is 11.3 Å². The Kier molecular flexibility index (Phi) is 6.17. The number of nitrogens with one attached hydrogen (secondary N) is 1. The Bertz CT molecular complexity index is 1080. The molecule has 3 atom stereocenters. The molecule has 1 amide bonds. The molecule has 0 radical (unpaired) electrons. The van der Waals surface area contributed by atoms with Gasteiger partial charge in [0.2, 0.25) is 0 Å². The number of nitriles is 1. The molecule has 1 aromatic heterocycles. The minimum absolute atomic E-state index is 0.0778. The van der Waals surface area contributed by atoms with Crippen molar-refractivity contribution in [1.82, 2.24) is 15.2 Å². The first kappa shape index (κ1) is 21.9. The van der Waals surface area contributed by atoms with Crippen molar-refractivity contribution in [2.24, 2.45) is 0 Å². The number of ether oxygens (including phenoxy) is 1. The normalized spacial score (nSPS) is 21.4. The Morgan fingerprint density at radius 3 is 2.94 bits per heavy atom. The average Bonchev–Trinajstić information content (AvgIpc) is 3.17. The Labute approximate surface area is 184 Å². The van der Waals surface area contributed by atoms with Crippen molar-refractivity contribution in [3.8, 4) is 6.07 Å². The summed E-state index contributed by atoms with van der Waals surface area (Å²) in [7, 11) is 0. The van der Waals surface area contributed by atoms with Crippen LogP contribution in [0.5, 0.6) is 0 Å². The maximum Gasteiger partial charge on any atom is 0.338 e. The van der Waals surface area contributed by atoms with Gasteiger partial charge in [-0.1, -0.05) is 6.07 Å². The number of nitrogens with zero attached hydrogens (tertiary/aromatic N) is 3. The number of halogens is 1. The second-order valence-corrected chi connectivity index (χ2v) is 8.09. The Balaban J connectivity index is 1.34. The smallest absolute Gasteiger partial charge is 0.338 e. The highest BCUT2D eigenvalue weighted by molar-refractivity contribution is 5.94. The van der Waals surface area contributed by atoms with Crippen LogP contribution in [0, 0.1) is 18.3 Å². The van der Waals surface area contributed by atoms with Gasteiger partial charge in [0.25, 0.3) is 5.91 Å². The molecule has 0 aliphatic carbocycles. The minimum Gasteiger partial charge on any atom is -0.457 e. The Morgan fingerprint density at radius 1 is 1.44 bits per heavy atom. The van der Waals surface area contributed by atoms with Crippen molar-refractivity contribution in [1.29, 1.82) is 5.26 Å². The minimum atomic E-state index is -1.30. The van der Waals surface area contributed by atoms with Crippen LogP contribution >= 0.6 is 0 Å². The van der Waals surface area contributed by atoms with Crippen molar-refractivity contribution in [3.05, 3.63) is 64.0 Å². The average molecular weight is 438 g/mol. The van der Waals surface area contributed by atoms with Gasteiger partial charge in [-0.25, -0.2) is 14.2 Å². The summed E-state index contributed by atoms with van der Waals surface area (Å²) in [6.07, 6.45) is -0.446. The van der Waals surface area contributed by atoms with Crippen molar-refractivity contribution in [2.75, 3.05) is 19.6 Å². The molecule has 166 valence electrons. The van der Waals surface area contributed by atoms with Gasteiger partial charge in [0.05, 0.1) is 23.3 Å². The lowest BCUT2D eigenvalue weighted by Crippen LogP contribution is -2.53. The van der Waals surface area contributed by atoms with Crippen molar-refractivity contribution >= 4 is 11.9 Å². The number of rotatable bonds is 5. The van der Waals surface area contributed by atoms with Crippen LogP contribution in [0.2, 0.25) is 0 Å². The topological polar surface area (TPSA) is 116 Å². The number of carbonyl (C=O) groups excluding carboxylic acids is 2. The lowest BCUT2D eigenvalue weighted by atomic mass is 9.94. The molecule has 1 fully saturated rings. The van der Waals surface area contributed by atoms with E-state index in [1.165, 1.54) is 18.3 Å². The number of likely N-dealkylation sites (tertiary alicyclic amines) is 1. The van der Waals surface area contributed by atoms with Gasteiger partial charge in [-0.05, 0) is 42.7 Å². The Hall–Kier alpha value is -3.35. The zero-order valence-electron chi connectivity index (χ0n) is 17.5. The SMILES string of the molecule is Cc1c(C(O)CN2CC[C@@H](NC(=O)c3ccc(C#N)cn3)[C@H](F)C2)ccc2c1COC2=O. The van der Waals surface area contributed by atoms with Gasteiger partial charge in [0, 0.05) is 31.4 Å². The number of alkyl halides is 1. The Morgan fingerprint density at radius 2 is 2.25 bits per heavy atom. The second-order valence-electron chi connectivity index (χ2n) is 8.09. The van der Waals surface area contributed by atoms with E-state index in [0.29, 0.717) is 29.7 Å². The predicted octanol–water partition coefficient (Wildman–Crippen LogP) is 1.81. The zero-order chi connectivity index (χ0) is 22.8. The van der Waals surface area contributed by atoms with Crippen LogP contribution in [0.4, 0.5) is 4.39 Å². The fourth-order valence-corrected chi connectivity index (χ4v) is 4.20. The maximum atomic E-state index is 14.8. The fourth-order valence-electron chi connectivity index (χ4n) is 4.20. The van der Waals surface area contributed by atoms with E-state index in [1.807, 2.05) is 17.9 Å². The molecule has 1 aromatic carbocycles. The van der Waals surface area contributed by atoms with Crippen LogP contribution in [0.3, 0.4) is 0 Å². The summed E-state index contributed by atoms with van der Waals surface area (Å²) in [6.45, 7) is 2.87. The molecule has 2 aliphatic rings. The molecular formula is C23H23FN4O4. The number of aliphatic hydroxyl groups is 1. The number of cyclic esters (lactones) is 1. The molecule has 4 rings (SSSR count). The van der Waals surface area contributed by atoms with Crippen LogP contribution in [-0.4, -0.2) is 58.7 Å². The highest BCUT2D eigenvalue weighted by Crippen LogP contribution is 2.30. The molecule has 32 heavy (non-hydrogen) atoms. The van der Waals surface area contributed by atoms with Gasteiger partial charge in [-0.15, -0.1) is 0 Å². The summed E-state index contributed by atoms with van der Waals surface area (Å²) in [5.41, 5.74) is 3.29. The molecule has 0 spiro atoms. The summed E-state index contributed by atoms with van der Waals surface area (Å²) in [6, 6.07) is 7.58. The van der Waals surface area contributed by atoms with E-state index >= 15 is 0 Å². The van der Waals surface area contributed by atoms with E-state index in [9.17, 15) is 19.1 Å². The number of fused-ring (bicyclic) bond motifs is 1.